The second kappa shape index (κ2) is 8.23. The van der Waals surface area contributed by atoms with E-state index in [2.05, 4.69) is 30.3 Å². The largest absolute Gasteiger partial charge is 0.284 e. The molecule has 2 aromatic rings. The molecule has 4 nitrogen and oxygen atoms in total. The Morgan fingerprint density at radius 1 is 1.10 bits per heavy atom. The molecule has 5 heteroatoms. The smallest absolute Gasteiger partial charge is 0.258 e. The zero-order valence-electron chi connectivity index (χ0n) is 17.5. The van der Waals surface area contributed by atoms with Gasteiger partial charge >= 0.3 is 0 Å². The van der Waals surface area contributed by atoms with E-state index < -0.39 is 0 Å². The highest BCUT2D eigenvalue weighted by atomic mass is 32.2. The maximum atomic E-state index is 14.2. The van der Waals surface area contributed by atoms with Crippen LogP contribution in [0.15, 0.2) is 34.2 Å². The van der Waals surface area contributed by atoms with E-state index >= 15 is 0 Å². The number of thioether (sulfide) groups is 1. The van der Waals surface area contributed by atoms with Crippen LogP contribution >= 0.6 is 11.8 Å². The van der Waals surface area contributed by atoms with Crippen LogP contribution in [0.4, 0.5) is 0 Å². The molecule has 2 saturated carbocycles. The van der Waals surface area contributed by atoms with Crippen molar-refractivity contribution in [2.45, 2.75) is 87.2 Å². The summed E-state index contributed by atoms with van der Waals surface area (Å²) >= 11 is 1.43. The third kappa shape index (κ3) is 3.30. The van der Waals surface area contributed by atoms with Crippen LogP contribution in [0.25, 0.3) is 11.3 Å². The molecule has 2 fully saturated rings. The summed E-state index contributed by atoms with van der Waals surface area (Å²) in [5, 5.41) is 9.95. The minimum absolute atomic E-state index is 0.0686. The van der Waals surface area contributed by atoms with Crippen molar-refractivity contribution in [3.05, 3.63) is 45.7 Å². The molecule has 1 spiro atoms. The average Bonchev–Trinajstić information content (AvgIpc) is 2.78. The molecular formula is C25H29N3OS. The summed E-state index contributed by atoms with van der Waals surface area (Å²) in [4.78, 5) is 19.4. The lowest BCUT2D eigenvalue weighted by Gasteiger charge is -2.42. The van der Waals surface area contributed by atoms with Crippen LogP contribution < -0.4 is 5.56 Å². The Balaban J connectivity index is 1.76. The van der Waals surface area contributed by atoms with Gasteiger partial charge in [-0.2, -0.15) is 5.26 Å². The van der Waals surface area contributed by atoms with Crippen LogP contribution in [0.5, 0.6) is 0 Å². The second-order valence-corrected chi connectivity index (χ2v) is 10.1. The molecule has 1 heterocycles. The quantitative estimate of drug-likeness (QED) is 0.467. The van der Waals surface area contributed by atoms with Gasteiger partial charge < -0.3 is 0 Å². The zero-order valence-corrected chi connectivity index (χ0v) is 18.3. The van der Waals surface area contributed by atoms with Crippen molar-refractivity contribution >= 4 is 11.8 Å². The molecule has 0 bridgehead atoms. The van der Waals surface area contributed by atoms with Crippen molar-refractivity contribution in [1.82, 2.24) is 9.55 Å². The highest BCUT2D eigenvalue weighted by molar-refractivity contribution is 7.99. The van der Waals surface area contributed by atoms with Gasteiger partial charge in [-0.3, -0.25) is 9.36 Å². The summed E-state index contributed by atoms with van der Waals surface area (Å²) in [5.41, 5.74) is 4.44. The first-order valence-corrected chi connectivity index (χ1v) is 12.5. The normalized spacial score (nSPS) is 20.4. The molecular weight excluding hydrogens is 390 g/mol. The number of nitriles is 1. The van der Waals surface area contributed by atoms with Crippen LogP contribution in [-0.2, 0) is 11.8 Å². The van der Waals surface area contributed by atoms with E-state index in [1.165, 1.54) is 55.9 Å². The Labute approximate surface area is 182 Å². The van der Waals surface area contributed by atoms with Crippen LogP contribution in [0.2, 0.25) is 0 Å². The third-order valence-electron chi connectivity index (χ3n) is 7.43. The lowest BCUT2D eigenvalue weighted by atomic mass is 9.62. The van der Waals surface area contributed by atoms with E-state index in [1.807, 2.05) is 4.57 Å². The maximum absolute atomic E-state index is 14.2. The van der Waals surface area contributed by atoms with Gasteiger partial charge in [0.05, 0.1) is 23.1 Å². The van der Waals surface area contributed by atoms with E-state index in [4.69, 9.17) is 4.98 Å². The number of nitrogens with zero attached hydrogens (tertiary/aromatic N) is 3. The van der Waals surface area contributed by atoms with Crippen LogP contribution in [0.3, 0.4) is 0 Å². The Hall–Kier alpha value is -2.06. The van der Waals surface area contributed by atoms with Crippen molar-refractivity contribution in [2.75, 3.05) is 5.75 Å². The van der Waals surface area contributed by atoms with Gasteiger partial charge in [0.25, 0.3) is 5.56 Å². The van der Waals surface area contributed by atoms with E-state index in [0.717, 1.165) is 54.1 Å². The van der Waals surface area contributed by atoms with Gasteiger partial charge in [-0.05, 0) is 37.7 Å². The number of hydrogen-bond donors (Lipinski definition) is 0. The first-order chi connectivity index (χ1) is 14.7. The van der Waals surface area contributed by atoms with Gasteiger partial charge in [0.2, 0.25) is 0 Å². The van der Waals surface area contributed by atoms with E-state index in [1.54, 1.807) is 0 Å². The Morgan fingerprint density at radius 2 is 1.83 bits per heavy atom. The van der Waals surface area contributed by atoms with E-state index in [9.17, 15) is 10.1 Å². The molecule has 0 unspecified atom stereocenters. The van der Waals surface area contributed by atoms with Gasteiger partial charge in [0.1, 0.15) is 0 Å². The molecule has 30 heavy (non-hydrogen) atoms. The molecule has 5 rings (SSSR count). The van der Waals surface area contributed by atoms with Crippen LogP contribution in [0, 0.1) is 11.3 Å². The number of aromatic nitrogens is 2. The minimum atomic E-state index is -0.0686. The van der Waals surface area contributed by atoms with Crippen LogP contribution in [0.1, 0.15) is 81.4 Å². The number of benzene rings is 1. The first kappa shape index (κ1) is 19.9. The summed E-state index contributed by atoms with van der Waals surface area (Å²) in [7, 11) is 0. The van der Waals surface area contributed by atoms with Gasteiger partial charge in [-0.25, -0.2) is 4.98 Å². The molecule has 0 atom stereocenters. The molecule has 156 valence electrons. The standard InChI is InChI=1S/C25H29N3OS/c26-15-16-30-24-27-22-20-12-6-5-9-18(20)17-25(13-7-2-8-14-25)21(22)23(29)28(24)19-10-3-1-4-11-19/h5-6,9,12,19H,1-4,7-8,10-11,13-14,16-17H2. The predicted octanol–water partition coefficient (Wildman–Crippen LogP) is 5.79. The molecule has 0 amide bonds. The topological polar surface area (TPSA) is 58.7 Å². The monoisotopic (exact) mass is 419 g/mol. The van der Waals surface area contributed by atoms with Gasteiger partial charge in [0.15, 0.2) is 5.16 Å². The van der Waals surface area contributed by atoms with Gasteiger partial charge in [-0.15, -0.1) is 0 Å². The lowest BCUT2D eigenvalue weighted by molar-refractivity contribution is 0.273. The zero-order chi connectivity index (χ0) is 20.6. The van der Waals surface area contributed by atoms with Gasteiger partial charge in [0, 0.05) is 17.0 Å². The molecule has 0 N–H and O–H groups in total. The van der Waals surface area contributed by atoms with Crippen LogP contribution in [-0.4, -0.2) is 15.3 Å². The first-order valence-electron chi connectivity index (χ1n) is 11.5. The Bertz CT molecular complexity index is 1040. The van der Waals surface area contributed by atoms with Crippen molar-refractivity contribution in [2.24, 2.45) is 0 Å². The van der Waals surface area contributed by atoms with Crippen molar-refractivity contribution in [1.29, 1.82) is 5.26 Å². The summed E-state index contributed by atoms with van der Waals surface area (Å²) in [5.74, 6) is 0.324. The number of fused-ring (bicyclic) bond motifs is 4. The fraction of sp³-hybridized carbons (Fsp3) is 0.560. The highest BCUT2D eigenvalue weighted by Crippen LogP contribution is 2.49. The molecule has 0 saturated heterocycles. The summed E-state index contributed by atoms with van der Waals surface area (Å²) in [6, 6.07) is 11.0. The highest BCUT2D eigenvalue weighted by Gasteiger charge is 2.43. The fourth-order valence-corrected chi connectivity index (χ4v) is 6.78. The SMILES string of the molecule is N#CCSc1nc2c(c(=O)n1C1CCCCC1)C1(CCCCC1)Cc1ccccc1-2. The van der Waals surface area contributed by atoms with E-state index in [0.29, 0.717) is 5.75 Å². The molecule has 0 aliphatic heterocycles. The number of rotatable bonds is 3. The maximum Gasteiger partial charge on any atom is 0.258 e. The summed E-state index contributed by atoms with van der Waals surface area (Å²) in [6.45, 7) is 0. The molecule has 1 aromatic heterocycles. The van der Waals surface area contributed by atoms with Gasteiger partial charge in [-0.1, -0.05) is 74.6 Å². The molecule has 1 aromatic carbocycles. The summed E-state index contributed by atoms with van der Waals surface area (Å²) < 4.78 is 2.00. The van der Waals surface area contributed by atoms with Crippen molar-refractivity contribution in [3.63, 3.8) is 0 Å². The average molecular weight is 420 g/mol. The van der Waals surface area contributed by atoms with Crippen molar-refractivity contribution in [3.8, 4) is 17.3 Å². The third-order valence-corrected chi connectivity index (χ3v) is 8.25. The summed E-state index contributed by atoms with van der Waals surface area (Å²) in [6.07, 6.45) is 12.5. The van der Waals surface area contributed by atoms with Crippen molar-refractivity contribution < 1.29 is 0 Å². The Kier molecular flexibility index (Phi) is 5.45. The molecule has 0 radical (unpaired) electrons. The Morgan fingerprint density at radius 3 is 2.60 bits per heavy atom. The van der Waals surface area contributed by atoms with E-state index in [-0.39, 0.29) is 17.0 Å². The molecule has 3 aliphatic rings. The fourth-order valence-electron chi connectivity index (χ4n) is 6.06. The minimum Gasteiger partial charge on any atom is -0.284 e. The molecule has 3 aliphatic carbocycles. The number of hydrogen-bond acceptors (Lipinski definition) is 4. The lowest BCUT2D eigenvalue weighted by Crippen LogP contribution is -2.44. The second-order valence-electron chi connectivity index (χ2n) is 9.21. The predicted molar refractivity (Wildman–Crippen MR) is 121 cm³/mol.